The molecule has 0 spiro atoms. The van der Waals surface area contributed by atoms with Gasteiger partial charge in [0.1, 0.15) is 0 Å². The van der Waals surface area contributed by atoms with Crippen LogP contribution >= 0.6 is 0 Å². The lowest BCUT2D eigenvalue weighted by molar-refractivity contribution is -0.0225. The van der Waals surface area contributed by atoms with Crippen molar-refractivity contribution in [1.82, 2.24) is 5.32 Å². The second kappa shape index (κ2) is 4.55. The van der Waals surface area contributed by atoms with Crippen molar-refractivity contribution in [1.29, 1.82) is 0 Å². The highest BCUT2D eigenvalue weighted by molar-refractivity contribution is 5.02. The maximum atomic E-state index is 9.49. The van der Waals surface area contributed by atoms with Crippen molar-refractivity contribution >= 4 is 0 Å². The van der Waals surface area contributed by atoms with E-state index in [2.05, 4.69) is 19.2 Å². The van der Waals surface area contributed by atoms with E-state index in [0.29, 0.717) is 24.6 Å². The topological polar surface area (TPSA) is 32.3 Å². The van der Waals surface area contributed by atoms with Gasteiger partial charge in [0.2, 0.25) is 0 Å². The van der Waals surface area contributed by atoms with Gasteiger partial charge in [-0.05, 0) is 61.7 Å². The highest BCUT2D eigenvalue weighted by Gasteiger charge is 2.48. The van der Waals surface area contributed by atoms with Crippen LogP contribution in [0.5, 0.6) is 0 Å². The van der Waals surface area contributed by atoms with Crippen LogP contribution in [0.25, 0.3) is 0 Å². The highest BCUT2D eigenvalue weighted by atomic mass is 16.3. The first kappa shape index (κ1) is 12.0. The van der Waals surface area contributed by atoms with Crippen LogP contribution in [0.2, 0.25) is 0 Å². The van der Waals surface area contributed by atoms with Gasteiger partial charge in [-0.25, -0.2) is 0 Å². The molecule has 4 bridgehead atoms. The number of aliphatic hydroxyl groups is 1. The van der Waals surface area contributed by atoms with Gasteiger partial charge in [0.15, 0.2) is 0 Å². The minimum Gasteiger partial charge on any atom is -0.395 e. The lowest BCUT2D eigenvalue weighted by Crippen LogP contribution is -2.58. The summed E-state index contributed by atoms with van der Waals surface area (Å²) < 4.78 is 0. The summed E-state index contributed by atoms with van der Waals surface area (Å²) in [4.78, 5) is 0. The predicted octanol–water partition coefficient (Wildman–Crippen LogP) is 2.42. The molecule has 2 heteroatoms. The first-order valence-corrected chi connectivity index (χ1v) is 7.54. The van der Waals surface area contributed by atoms with Gasteiger partial charge in [-0.1, -0.05) is 13.8 Å². The lowest BCUT2D eigenvalue weighted by Gasteiger charge is -2.55. The van der Waals surface area contributed by atoms with Crippen molar-refractivity contribution in [2.24, 2.45) is 29.6 Å². The zero-order valence-corrected chi connectivity index (χ0v) is 11.2. The highest BCUT2D eigenvalue weighted by Crippen LogP contribution is 2.53. The summed E-state index contributed by atoms with van der Waals surface area (Å²) in [6.45, 7) is 4.72. The number of hydrogen-bond acceptors (Lipinski definition) is 2. The fraction of sp³-hybridized carbons (Fsp3) is 1.00. The molecule has 4 saturated carbocycles. The summed E-state index contributed by atoms with van der Waals surface area (Å²) in [5.74, 6) is 4.46. The summed E-state index contributed by atoms with van der Waals surface area (Å²) in [6, 6.07) is 1.01. The second-order valence-electron chi connectivity index (χ2n) is 7.16. The molecule has 4 fully saturated rings. The van der Waals surface area contributed by atoms with Crippen molar-refractivity contribution < 1.29 is 5.11 Å². The fourth-order valence-electron chi connectivity index (χ4n) is 4.90. The maximum Gasteiger partial charge on any atom is 0.0587 e. The Bertz CT molecular complexity index is 248. The Hall–Kier alpha value is -0.0800. The number of rotatable bonds is 4. The SMILES string of the molecule is CC(C)[C@@H](CO)NC1C2CC3CC(C2)CC1C3. The van der Waals surface area contributed by atoms with Crippen LogP contribution in [0.1, 0.15) is 46.0 Å². The van der Waals surface area contributed by atoms with Gasteiger partial charge in [0, 0.05) is 12.1 Å². The Kier molecular flexibility index (Phi) is 3.20. The monoisotopic (exact) mass is 237 g/mol. The second-order valence-corrected chi connectivity index (χ2v) is 7.16. The van der Waals surface area contributed by atoms with Gasteiger partial charge >= 0.3 is 0 Å². The molecule has 0 heterocycles. The molecule has 0 aromatic heterocycles. The van der Waals surface area contributed by atoms with Gasteiger partial charge in [-0.3, -0.25) is 0 Å². The van der Waals surface area contributed by atoms with Crippen molar-refractivity contribution in [3.05, 3.63) is 0 Å². The normalized spacial score (nSPS) is 45.5. The molecule has 4 aliphatic rings. The minimum absolute atomic E-state index is 0.292. The van der Waals surface area contributed by atoms with E-state index in [1.54, 1.807) is 0 Å². The van der Waals surface area contributed by atoms with Crippen LogP contribution in [0.3, 0.4) is 0 Å². The van der Waals surface area contributed by atoms with Crippen LogP contribution in [0, 0.1) is 29.6 Å². The van der Waals surface area contributed by atoms with Crippen LogP contribution in [-0.4, -0.2) is 23.8 Å². The number of hydrogen-bond donors (Lipinski definition) is 2. The van der Waals surface area contributed by atoms with Gasteiger partial charge in [0.05, 0.1) is 6.61 Å². The molecule has 98 valence electrons. The largest absolute Gasteiger partial charge is 0.395 e. The summed E-state index contributed by atoms with van der Waals surface area (Å²) >= 11 is 0. The van der Waals surface area contributed by atoms with E-state index < -0.39 is 0 Å². The first-order chi connectivity index (χ1) is 8.17. The Balaban J connectivity index is 1.67. The number of aliphatic hydroxyl groups excluding tert-OH is 1. The molecule has 0 saturated heterocycles. The molecule has 4 aliphatic carbocycles. The minimum atomic E-state index is 0.292. The molecule has 0 unspecified atom stereocenters. The molecule has 1 atom stereocenters. The van der Waals surface area contributed by atoms with E-state index in [0.717, 1.165) is 23.7 Å². The molecular weight excluding hydrogens is 210 g/mol. The molecule has 0 amide bonds. The van der Waals surface area contributed by atoms with E-state index in [1.807, 2.05) is 0 Å². The Labute approximate surface area is 105 Å². The van der Waals surface area contributed by atoms with E-state index >= 15 is 0 Å². The third-order valence-corrected chi connectivity index (χ3v) is 5.63. The molecule has 0 aromatic carbocycles. The fourth-order valence-corrected chi connectivity index (χ4v) is 4.90. The zero-order valence-electron chi connectivity index (χ0n) is 11.2. The quantitative estimate of drug-likeness (QED) is 0.787. The smallest absolute Gasteiger partial charge is 0.0587 e. The first-order valence-electron chi connectivity index (χ1n) is 7.54. The molecule has 2 nitrogen and oxygen atoms in total. The average Bonchev–Trinajstić information content (AvgIpc) is 2.27. The number of nitrogens with one attached hydrogen (secondary N) is 1. The van der Waals surface area contributed by atoms with Gasteiger partial charge in [-0.2, -0.15) is 0 Å². The Morgan fingerprint density at radius 2 is 1.53 bits per heavy atom. The Morgan fingerprint density at radius 1 is 1.00 bits per heavy atom. The molecule has 4 rings (SSSR count). The van der Waals surface area contributed by atoms with E-state index in [-0.39, 0.29) is 0 Å². The van der Waals surface area contributed by atoms with E-state index in [1.165, 1.54) is 32.1 Å². The summed E-state index contributed by atoms with van der Waals surface area (Å²) in [7, 11) is 0. The molecule has 0 aliphatic heterocycles. The molecule has 17 heavy (non-hydrogen) atoms. The third-order valence-electron chi connectivity index (χ3n) is 5.63. The van der Waals surface area contributed by atoms with E-state index in [9.17, 15) is 5.11 Å². The predicted molar refractivity (Wildman–Crippen MR) is 69.7 cm³/mol. The van der Waals surface area contributed by atoms with Crippen LogP contribution < -0.4 is 5.32 Å². The van der Waals surface area contributed by atoms with Gasteiger partial charge in [0.25, 0.3) is 0 Å². The molecule has 2 N–H and O–H groups in total. The zero-order chi connectivity index (χ0) is 12.0. The molecule has 0 radical (unpaired) electrons. The molecule has 0 aromatic rings. The van der Waals surface area contributed by atoms with Crippen molar-refractivity contribution in [2.45, 2.75) is 58.0 Å². The summed E-state index contributed by atoms with van der Waals surface area (Å²) in [5.41, 5.74) is 0. The van der Waals surface area contributed by atoms with Crippen LogP contribution in [0.4, 0.5) is 0 Å². The van der Waals surface area contributed by atoms with Crippen LogP contribution in [0.15, 0.2) is 0 Å². The van der Waals surface area contributed by atoms with E-state index in [4.69, 9.17) is 0 Å². The third kappa shape index (κ3) is 2.15. The Morgan fingerprint density at radius 3 is 1.94 bits per heavy atom. The van der Waals surface area contributed by atoms with Crippen molar-refractivity contribution in [3.8, 4) is 0 Å². The van der Waals surface area contributed by atoms with Crippen molar-refractivity contribution in [3.63, 3.8) is 0 Å². The van der Waals surface area contributed by atoms with Gasteiger partial charge < -0.3 is 10.4 Å². The maximum absolute atomic E-state index is 9.49. The molecular formula is C15H27NO. The lowest BCUT2D eigenvalue weighted by atomic mass is 9.54. The van der Waals surface area contributed by atoms with Crippen molar-refractivity contribution in [2.75, 3.05) is 6.61 Å². The standard InChI is InChI=1S/C15H27NO/c1-9(2)14(8-17)16-15-12-4-10-3-11(6-12)7-13(15)5-10/h9-17H,3-8H2,1-2H3/t10?,11?,12?,13?,14-,15?/m1/s1. The van der Waals surface area contributed by atoms with Gasteiger partial charge in [-0.15, -0.1) is 0 Å². The average molecular weight is 237 g/mol. The van der Waals surface area contributed by atoms with Crippen LogP contribution in [-0.2, 0) is 0 Å². The summed E-state index contributed by atoms with van der Waals surface area (Å²) in [5, 5.41) is 13.3. The summed E-state index contributed by atoms with van der Waals surface area (Å²) in [6.07, 6.45) is 7.36.